The van der Waals surface area contributed by atoms with Gasteiger partial charge in [0.2, 0.25) is 6.43 Å². The number of hydrogen-bond donors (Lipinski definition) is 1. The maximum Gasteiger partial charge on any atom is 0.461 e. The van der Waals surface area contributed by atoms with Gasteiger partial charge in [-0.05, 0) is 17.7 Å². The van der Waals surface area contributed by atoms with Gasteiger partial charge in [-0.2, -0.15) is 17.6 Å². The van der Waals surface area contributed by atoms with Crippen molar-refractivity contribution in [2.24, 2.45) is 5.73 Å². The minimum atomic E-state index is -4.65. The van der Waals surface area contributed by atoms with Gasteiger partial charge in [0.05, 0.1) is 0 Å². The number of alkyl halides is 6. The third-order valence-corrected chi connectivity index (χ3v) is 2.23. The SMILES string of the molecule is Cl.N[C@@H](CC(F)F)c1cccc(OC(F)(F)C(F)F)c1. The molecule has 0 aromatic heterocycles. The van der Waals surface area contributed by atoms with Crippen molar-refractivity contribution in [1.29, 1.82) is 0 Å². The lowest BCUT2D eigenvalue weighted by Crippen LogP contribution is -2.33. The summed E-state index contributed by atoms with van der Waals surface area (Å²) in [4.78, 5) is 0. The van der Waals surface area contributed by atoms with Crippen molar-refractivity contribution in [3.05, 3.63) is 29.8 Å². The van der Waals surface area contributed by atoms with Crippen LogP contribution in [0.3, 0.4) is 0 Å². The zero-order valence-corrected chi connectivity index (χ0v) is 10.7. The average Bonchev–Trinajstić information content (AvgIpc) is 2.27. The average molecular weight is 324 g/mol. The van der Waals surface area contributed by atoms with E-state index >= 15 is 0 Å². The molecule has 1 aromatic carbocycles. The molecule has 2 nitrogen and oxygen atoms in total. The minimum absolute atomic E-state index is 0. The molecule has 0 saturated heterocycles. The number of benzene rings is 1. The molecule has 0 radical (unpaired) electrons. The normalized spacial score (nSPS) is 13.2. The van der Waals surface area contributed by atoms with E-state index in [9.17, 15) is 26.3 Å². The fraction of sp³-hybridized carbons (Fsp3) is 0.455. The minimum Gasteiger partial charge on any atom is -0.428 e. The van der Waals surface area contributed by atoms with Gasteiger partial charge in [0, 0.05) is 12.5 Å². The van der Waals surface area contributed by atoms with Gasteiger partial charge in [-0.1, -0.05) is 12.1 Å². The molecule has 20 heavy (non-hydrogen) atoms. The lowest BCUT2D eigenvalue weighted by molar-refractivity contribution is -0.253. The Labute approximate surface area is 117 Å². The highest BCUT2D eigenvalue weighted by Gasteiger charge is 2.44. The van der Waals surface area contributed by atoms with Gasteiger partial charge in [0.15, 0.2) is 0 Å². The highest BCUT2D eigenvalue weighted by molar-refractivity contribution is 5.85. The van der Waals surface area contributed by atoms with E-state index in [-0.39, 0.29) is 18.0 Å². The first-order chi connectivity index (χ1) is 8.72. The fourth-order valence-electron chi connectivity index (χ4n) is 1.34. The summed E-state index contributed by atoms with van der Waals surface area (Å²) in [5.41, 5.74) is 5.52. The Balaban J connectivity index is 0.00000361. The van der Waals surface area contributed by atoms with Crippen LogP contribution in [0.1, 0.15) is 18.0 Å². The Bertz CT molecular complexity index is 418. The summed E-state index contributed by atoms with van der Waals surface area (Å²) in [6.45, 7) is 0. The summed E-state index contributed by atoms with van der Waals surface area (Å²) in [5.74, 6) is -0.562. The van der Waals surface area contributed by atoms with E-state index in [0.717, 1.165) is 12.1 Å². The Hall–Kier alpha value is -1.15. The molecule has 2 N–H and O–H groups in total. The number of rotatable bonds is 6. The predicted octanol–water partition coefficient (Wildman–Crippen LogP) is 4.00. The molecule has 0 saturated carbocycles. The Morgan fingerprint density at radius 2 is 1.75 bits per heavy atom. The van der Waals surface area contributed by atoms with Crippen LogP contribution in [0, 0.1) is 0 Å². The molecule has 1 aromatic rings. The second-order valence-electron chi connectivity index (χ2n) is 3.77. The van der Waals surface area contributed by atoms with Gasteiger partial charge in [0.25, 0.3) is 0 Å². The maximum absolute atomic E-state index is 12.7. The third-order valence-electron chi connectivity index (χ3n) is 2.23. The Kier molecular flexibility index (Phi) is 7.15. The van der Waals surface area contributed by atoms with Crippen LogP contribution < -0.4 is 10.5 Å². The molecule has 0 aliphatic rings. The van der Waals surface area contributed by atoms with Crippen molar-refractivity contribution < 1.29 is 31.1 Å². The fourth-order valence-corrected chi connectivity index (χ4v) is 1.34. The number of ether oxygens (including phenoxy) is 1. The molecular weight excluding hydrogens is 312 g/mol. The molecule has 0 aliphatic carbocycles. The molecule has 116 valence electrons. The summed E-state index contributed by atoms with van der Waals surface area (Å²) in [5, 5.41) is 0. The largest absolute Gasteiger partial charge is 0.461 e. The molecule has 0 spiro atoms. The molecule has 1 rings (SSSR count). The molecule has 9 heteroatoms. The van der Waals surface area contributed by atoms with E-state index in [4.69, 9.17) is 5.73 Å². The van der Waals surface area contributed by atoms with Crippen molar-refractivity contribution in [2.45, 2.75) is 31.4 Å². The topological polar surface area (TPSA) is 35.2 Å². The Morgan fingerprint density at radius 1 is 1.15 bits per heavy atom. The molecule has 0 amide bonds. The second-order valence-corrected chi connectivity index (χ2v) is 3.77. The van der Waals surface area contributed by atoms with Gasteiger partial charge in [-0.15, -0.1) is 12.4 Å². The summed E-state index contributed by atoms with van der Waals surface area (Å²) in [6.07, 6.45) is -12.0. The van der Waals surface area contributed by atoms with Crippen LogP contribution in [0.4, 0.5) is 26.3 Å². The summed E-state index contributed by atoms with van der Waals surface area (Å²) in [6, 6.07) is 3.37. The monoisotopic (exact) mass is 323 g/mol. The van der Waals surface area contributed by atoms with Gasteiger partial charge in [0.1, 0.15) is 5.75 Å². The zero-order chi connectivity index (χ0) is 14.6. The molecule has 0 unspecified atom stereocenters. The van der Waals surface area contributed by atoms with Crippen LogP contribution in [0.25, 0.3) is 0 Å². The van der Waals surface area contributed by atoms with Crippen LogP contribution in [0.15, 0.2) is 24.3 Å². The number of hydrogen-bond acceptors (Lipinski definition) is 2. The first-order valence-electron chi connectivity index (χ1n) is 5.21. The smallest absolute Gasteiger partial charge is 0.428 e. The summed E-state index contributed by atoms with van der Waals surface area (Å²) >= 11 is 0. The molecule has 0 heterocycles. The van der Waals surface area contributed by atoms with Crippen molar-refractivity contribution >= 4 is 12.4 Å². The first kappa shape index (κ1) is 18.9. The zero-order valence-electron chi connectivity index (χ0n) is 9.91. The van der Waals surface area contributed by atoms with Crippen LogP contribution in [0.5, 0.6) is 5.75 Å². The van der Waals surface area contributed by atoms with E-state index in [0.29, 0.717) is 0 Å². The van der Waals surface area contributed by atoms with Gasteiger partial charge < -0.3 is 10.5 Å². The third kappa shape index (κ3) is 5.46. The number of nitrogens with two attached hydrogens (primary N) is 1. The van der Waals surface area contributed by atoms with Crippen LogP contribution >= 0.6 is 12.4 Å². The van der Waals surface area contributed by atoms with Crippen LogP contribution in [-0.2, 0) is 0 Å². The summed E-state index contributed by atoms with van der Waals surface area (Å²) < 4.78 is 77.2. The van der Waals surface area contributed by atoms with Gasteiger partial charge >= 0.3 is 12.5 Å². The molecule has 0 fully saturated rings. The van der Waals surface area contributed by atoms with Crippen molar-refractivity contribution in [2.75, 3.05) is 0 Å². The first-order valence-corrected chi connectivity index (χ1v) is 5.21. The lowest BCUT2D eigenvalue weighted by atomic mass is 10.0. The van der Waals surface area contributed by atoms with Crippen LogP contribution in [-0.4, -0.2) is 19.0 Å². The van der Waals surface area contributed by atoms with E-state index in [1.807, 2.05) is 0 Å². The Morgan fingerprint density at radius 3 is 2.25 bits per heavy atom. The maximum atomic E-state index is 12.7. The van der Waals surface area contributed by atoms with E-state index in [1.165, 1.54) is 12.1 Å². The van der Waals surface area contributed by atoms with Gasteiger partial charge in [-0.3, -0.25) is 0 Å². The summed E-state index contributed by atoms with van der Waals surface area (Å²) in [7, 11) is 0. The van der Waals surface area contributed by atoms with E-state index in [2.05, 4.69) is 4.74 Å². The van der Waals surface area contributed by atoms with Crippen molar-refractivity contribution in [3.8, 4) is 5.75 Å². The number of halogens is 7. The second kappa shape index (κ2) is 7.58. The van der Waals surface area contributed by atoms with Crippen LogP contribution in [0.2, 0.25) is 0 Å². The molecular formula is C11H12ClF6NO. The lowest BCUT2D eigenvalue weighted by Gasteiger charge is -2.18. The van der Waals surface area contributed by atoms with Gasteiger partial charge in [-0.25, -0.2) is 8.78 Å². The van der Waals surface area contributed by atoms with Crippen molar-refractivity contribution in [3.63, 3.8) is 0 Å². The molecule has 1 atom stereocenters. The standard InChI is InChI=1S/C11H11F6NO.ClH/c12-9(13)5-8(18)6-2-1-3-7(4-6)19-11(16,17)10(14)15;/h1-4,8-10H,5,18H2;1H/t8-;/m0./s1. The predicted molar refractivity (Wildman–Crippen MR) is 62.8 cm³/mol. The van der Waals surface area contributed by atoms with Crippen molar-refractivity contribution in [1.82, 2.24) is 0 Å². The quantitative estimate of drug-likeness (QED) is 0.803. The highest BCUT2D eigenvalue weighted by Crippen LogP contribution is 2.29. The van der Waals surface area contributed by atoms with E-state index in [1.54, 1.807) is 0 Å². The molecule has 0 bridgehead atoms. The molecule has 0 aliphatic heterocycles. The highest BCUT2D eigenvalue weighted by atomic mass is 35.5. The van der Waals surface area contributed by atoms with E-state index < -0.39 is 37.2 Å².